The fourth-order valence-corrected chi connectivity index (χ4v) is 9.35. The van der Waals surface area contributed by atoms with Crippen molar-refractivity contribution in [3.63, 3.8) is 0 Å². The number of carbonyl (C=O) groups excluding carboxylic acids is 1. The van der Waals surface area contributed by atoms with Crippen LogP contribution >= 0.6 is 0 Å². The van der Waals surface area contributed by atoms with Gasteiger partial charge in [0.1, 0.15) is 4.91 Å². The molecule has 66 heavy (non-hydrogen) atoms. The standard InChI is InChI=1S/C33H28N8O19S6/c42-30-28-18(14-27(65(54,55)56)29(30)41-40-19-7-9-22(10-8-19)61(43,44)12-11-60-66(57,58)59)13-25(64(51,52)53)17-26(28)36-33-38-31(34-20-3-1-5-23(15-20)62(45,46)47)37-32(39-33)35-21-4-2-6-24(16-21)63(48,49)50/h1-10,13-17,40H,11-12H2,(H,45,46,47)(H,48,49,50)(H,51,52,53)(H,54,55,56)(H,57,58,59)(H3,34,35,36,37,38,39)/b41-29+. The summed E-state index contributed by atoms with van der Waals surface area (Å²) in [5.74, 6) is -3.74. The topological polar surface area (TPSA) is 431 Å². The molecule has 0 atom stereocenters. The number of allylic oxidation sites excluding steroid dienone is 1. The van der Waals surface area contributed by atoms with Crippen LogP contribution in [0.4, 0.5) is 40.6 Å². The largest absolute Gasteiger partial charge is 0.397 e. The van der Waals surface area contributed by atoms with Crippen molar-refractivity contribution >= 4 is 119 Å². The first-order chi connectivity index (χ1) is 30.5. The van der Waals surface area contributed by atoms with Gasteiger partial charge in [0.25, 0.3) is 40.5 Å². The number of fused-ring (bicyclic) bond motifs is 1. The lowest BCUT2D eigenvalue weighted by atomic mass is 9.93. The normalized spacial score (nSPS) is 14.3. The Balaban J connectivity index is 1.43. The second-order valence-electron chi connectivity index (χ2n) is 13.1. The summed E-state index contributed by atoms with van der Waals surface area (Å²) >= 11 is 0. The highest BCUT2D eigenvalue weighted by molar-refractivity contribution is 7.91. The minimum Gasteiger partial charge on any atom is -0.324 e. The molecule has 0 radical (unpaired) electrons. The molecule has 0 spiro atoms. The number of ketones is 1. The molecule has 9 N–H and O–H groups in total. The van der Waals surface area contributed by atoms with E-state index in [0.717, 1.165) is 48.5 Å². The molecule has 27 nitrogen and oxygen atoms in total. The number of Topliss-reactive ketones (excluding diaryl/α,β-unsaturated/α-hetero) is 1. The van der Waals surface area contributed by atoms with Gasteiger partial charge in [0.2, 0.25) is 23.6 Å². The van der Waals surface area contributed by atoms with E-state index in [9.17, 15) is 73.5 Å². The molecule has 0 aliphatic heterocycles. The molecule has 1 aliphatic carbocycles. The van der Waals surface area contributed by atoms with Gasteiger partial charge in [-0.15, -0.1) is 0 Å². The maximum atomic E-state index is 14.3. The number of anilines is 7. The number of rotatable bonds is 17. The van der Waals surface area contributed by atoms with Crippen LogP contribution in [0.15, 0.2) is 115 Å². The molecule has 33 heteroatoms. The number of aromatic nitrogens is 3. The maximum Gasteiger partial charge on any atom is 0.397 e. The Morgan fingerprint density at radius 3 is 1.52 bits per heavy atom. The number of sulfone groups is 1. The molecular weight excluding hydrogens is 1000 g/mol. The van der Waals surface area contributed by atoms with Gasteiger partial charge in [-0.3, -0.25) is 33.0 Å². The van der Waals surface area contributed by atoms with E-state index in [1.165, 1.54) is 24.3 Å². The van der Waals surface area contributed by atoms with Crippen molar-refractivity contribution < 1.29 is 82.2 Å². The molecule has 0 fully saturated rings. The van der Waals surface area contributed by atoms with E-state index in [4.69, 9.17) is 4.55 Å². The van der Waals surface area contributed by atoms with E-state index in [1.807, 2.05) is 0 Å². The summed E-state index contributed by atoms with van der Waals surface area (Å²) in [6, 6.07) is 14.6. The molecular formula is C33H28N8O19S6. The highest BCUT2D eigenvalue weighted by Crippen LogP contribution is 2.35. The van der Waals surface area contributed by atoms with Crippen molar-refractivity contribution in [2.24, 2.45) is 5.10 Å². The first kappa shape index (κ1) is 49.1. The average Bonchev–Trinajstić information content (AvgIpc) is 3.18. The number of hydrazone groups is 1. The van der Waals surface area contributed by atoms with Crippen LogP contribution in [0, 0.1) is 0 Å². The van der Waals surface area contributed by atoms with Gasteiger partial charge in [-0.05, 0) is 84.4 Å². The summed E-state index contributed by atoms with van der Waals surface area (Å²) in [6.45, 7) is -0.933. The number of nitrogens with one attached hydrogen (secondary N) is 4. The molecule has 0 saturated carbocycles. The Bertz CT molecular complexity index is 3480. The predicted molar refractivity (Wildman–Crippen MR) is 229 cm³/mol. The van der Waals surface area contributed by atoms with Crippen LogP contribution in [0.1, 0.15) is 15.9 Å². The zero-order valence-electron chi connectivity index (χ0n) is 32.3. The smallest absolute Gasteiger partial charge is 0.324 e. The molecule has 6 rings (SSSR count). The van der Waals surface area contributed by atoms with Gasteiger partial charge in [0, 0.05) is 11.4 Å². The monoisotopic (exact) mass is 1030 g/mol. The number of benzene rings is 4. The van der Waals surface area contributed by atoms with E-state index < -0.39 is 139 Å². The molecule has 0 bridgehead atoms. The Labute approximate surface area is 373 Å². The maximum absolute atomic E-state index is 14.3. The summed E-state index contributed by atoms with van der Waals surface area (Å²) in [5, 5.41) is 11.6. The molecule has 0 amide bonds. The molecule has 1 aromatic heterocycles. The minimum absolute atomic E-state index is 0.0553. The Kier molecular flexibility index (Phi) is 13.5. The van der Waals surface area contributed by atoms with Crippen LogP contribution in [0.2, 0.25) is 0 Å². The third-order valence-corrected chi connectivity index (χ3v) is 14.0. The second kappa shape index (κ2) is 18.1. The van der Waals surface area contributed by atoms with Gasteiger partial charge in [-0.2, -0.15) is 62.1 Å². The van der Waals surface area contributed by atoms with Crippen molar-refractivity contribution in [3.8, 4) is 0 Å². The average molecular weight is 1030 g/mol. The third kappa shape index (κ3) is 12.3. The molecule has 1 heterocycles. The molecule has 350 valence electrons. The van der Waals surface area contributed by atoms with Crippen molar-refractivity contribution in [3.05, 3.63) is 101 Å². The Morgan fingerprint density at radius 1 is 0.545 bits per heavy atom. The fraction of sp³-hybridized carbons (Fsp3) is 0.0606. The van der Waals surface area contributed by atoms with Gasteiger partial charge in [-0.25, -0.2) is 12.6 Å². The molecule has 4 aromatic carbocycles. The van der Waals surface area contributed by atoms with Crippen molar-refractivity contribution in [1.82, 2.24) is 15.0 Å². The quantitative estimate of drug-likeness (QED) is 0.0476. The van der Waals surface area contributed by atoms with Gasteiger partial charge in [0.15, 0.2) is 15.5 Å². The Morgan fingerprint density at radius 2 is 1.05 bits per heavy atom. The predicted octanol–water partition coefficient (Wildman–Crippen LogP) is 2.33. The molecule has 1 aliphatic rings. The second-order valence-corrected chi connectivity index (χ2v) is 21.9. The summed E-state index contributed by atoms with van der Waals surface area (Å²) < 4.78 is 196. The molecule has 5 aromatic rings. The lowest BCUT2D eigenvalue weighted by Crippen LogP contribution is -2.28. The summed E-state index contributed by atoms with van der Waals surface area (Å²) in [4.78, 5) is 23.0. The number of hydrogen-bond acceptors (Lipinski definition) is 22. The first-order valence-electron chi connectivity index (χ1n) is 17.4. The first-order valence-corrected chi connectivity index (χ1v) is 26.1. The fourth-order valence-electron chi connectivity index (χ4n) is 5.61. The molecule has 0 saturated heterocycles. The lowest BCUT2D eigenvalue weighted by molar-refractivity contribution is 0.106. The van der Waals surface area contributed by atoms with Crippen LogP contribution in [-0.2, 0) is 64.9 Å². The minimum atomic E-state index is -5.39. The zero-order valence-corrected chi connectivity index (χ0v) is 37.2. The van der Waals surface area contributed by atoms with E-state index >= 15 is 0 Å². The number of hydrogen-bond donors (Lipinski definition) is 9. The van der Waals surface area contributed by atoms with E-state index in [1.54, 1.807) is 0 Å². The van der Waals surface area contributed by atoms with Crippen LogP contribution in [-0.4, -0.2) is 112 Å². The van der Waals surface area contributed by atoms with Gasteiger partial charge in [0.05, 0.1) is 48.9 Å². The van der Waals surface area contributed by atoms with E-state index in [-0.39, 0.29) is 22.0 Å². The van der Waals surface area contributed by atoms with Crippen molar-refractivity contribution in [2.45, 2.75) is 19.6 Å². The van der Waals surface area contributed by atoms with Gasteiger partial charge >= 0.3 is 10.4 Å². The van der Waals surface area contributed by atoms with Crippen LogP contribution in [0.5, 0.6) is 0 Å². The Hall–Kier alpha value is -6.37. The summed E-state index contributed by atoms with van der Waals surface area (Å²) in [6.07, 6.45) is 0.620. The van der Waals surface area contributed by atoms with Crippen molar-refractivity contribution in [2.75, 3.05) is 33.7 Å². The van der Waals surface area contributed by atoms with Crippen LogP contribution in [0.3, 0.4) is 0 Å². The van der Waals surface area contributed by atoms with Crippen LogP contribution < -0.4 is 21.4 Å². The van der Waals surface area contributed by atoms with E-state index in [0.29, 0.717) is 18.2 Å². The summed E-state index contributed by atoms with van der Waals surface area (Å²) in [5.41, 5.74) is -0.648. The molecule has 0 unspecified atom stereocenters. The SMILES string of the molecule is O=C1/C(=N/Nc2ccc(S(=O)(=O)CCOS(=O)(=O)O)cc2)C(S(=O)(=O)O)=Cc2cc(S(=O)(=O)O)cc(Nc3nc(Nc4cccc(S(=O)(=O)O)c4)nc(Nc4cccc(S(=O)(=O)O)c4)n3)c21. The third-order valence-electron chi connectivity index (χ3n) is 8.43. The summed E-state index contributed by atoms with van der Waals surface area (Å²) in [7, 11) is -29.1. The van der Waals surface area contributed by atoms with E-state index in [2.05, 4.69) is 45.6 Å². The van der Waals surface area contributed by atoms with Crippen LogP contribution in [0.25, 0.3) is 6.08 Å². The van der Waals surface area contributed by atoms with Gasteiger partial charge in [-0.1, -0.05) is 12.1 Å². The zero-order chi connectivity index (χ0) is 48.6. The number of carbonyl (C=O) groups is 1. The highest BCUT2D eigenvalue weighted by atomic mass is 32.3. The lowest BCUT2D eigenvalue weighted by Gasteiger charge is -2.21. The highest BCUT2D eigenvalue weighted by Gasteiger charge is 2.36. The number of nitrogens with zero attached hydrogens (tertiary/aromatic N) is 4. The van der Waals surface area contributed by atoms with Gasteiger partial charge < -0.3 is 16.0 Å². The van der Waals surface area contributed by atoms with Crippen molar-refractivity contribution in [1.29, 1.82) is 0 Å².